The van der Waals surface area contributed by atoms with E-state index >= 15 is 0 Å². The van der Waals surface area contributed by atoms with Gasteiger partial charge in [0.2, 0.25) is 11.8 Å². The molecule has 0 spiro atoms. The maximum absolute atomic E-state index is 12.2. The molecule has 1 saturated heterocycles. The molecule has 120 valence electrons. The van der Waals surface area contributed by atoms with Gasteiger partial charge in [-0.2, -0.15) is 0 Å². The Balaban J connectivity index is 2.06. The summed E-state index contributed by atoms with van der Waals surface area (Å²) in [6.45, 7) is 4.82. The SMILES string of the molecule is CCC(CC)(CNC(=O)[C@H]1CCC(=O)N1)c1ccc(Cl)cc1. The predicted molar refractivity (Wildman–Crippen MR) is 87.9 cm³/mol. The third-order valence-electron chi connectivity index (χ3n) is 4.72. The summed E-state index contributed by atoms with van der Waals surface area (Å²) in [5.74, 6) is -0.138. The van der Waals surface area contributed by atoms with E-state index < -0.39 is 0 Å². The average molecular weight is 323 g/mol. The Kier molecular flexibility index (Phi) is 5.46. The Morgan fingerprint density at radius 2 is 1.95 bits per heavy atom. The van der Waals surface area contributed by atoms with Crippen LogP contribution in [0.2, 0.25) is 5.02 Å². The van der Waals surface area contributed by atoms with Gasteiger partial charge < -0.3 is 10.6 Å². The maximum atomic E-state index is 12.2. The number of hydrogen-bond acceptors (Lipinski definition) is 2. The van der Waals surface area contributed by atoms with Crippen molar-refractivity contribution in [1.29, 1.82) is 0 Å². The van der Waals surface area contributed by atoms with Crippen LogP contribution in [0.1, 0.15) is 45.1 Å². The lowest BCUT2D eigenvalue weighted by Gasteiger charge is -2.33. The molecule has 0 saturated carbocycles. The summed E-state index contributed by atoms with van der Waals surface area (Å²) in [6, 6.07) is 7.44. The van der Waals surface area contributed by atoms with E-state index in [0.29, 0.717) is 24.4 Å². The number of nitrogens with one attached hydrogen (secondary N) is 2. The molecule has 22 heavy (non-hydrogen) atoms. The minimum atomic E-state index is -0.385. The van der Waals surface area contributed by atoms with Crippen LogP contribution in [0.4, 0.5) is 0 Å². The third kappa shape index (κ3) is 3.61. The summed E-state index contributed by atoms with van der Waals surface area (Å²) in [5.41, 5.74) is 1.07. The van der Waals surface area contributed by atoms with E-state index in [4.69, 9.17) is 11.6 Å². The van der Waals surface area contributed by atoms with Gasteiger partial charge >= 0.3 is 0 Å². The molecule has 1 aliphatic rings. The van der Waals surface area contributed by atoms with Crippen molar-refractivity contribution in [1.82, 2.24) is 10.6 Å². The molecular weight excluding hydrogens is 300 g/mol. The van der Waals surface area contributed by atoms with Crippen molar-refractivity contribution in [3.8, 4) is 0 Å². The predicted octanol–water partition coefficient (Wildman–Crippen LogP) is 2.79. The zero-order valence-electron chi connectivity index (χ0n) is 13.1. The van der Waals surface area contributed by atoms with Crippen molar-refractivity contribution >= 4 is 23.4 Å². The number of hydrogen-bond donors (Lipinski definition) is 2. The molecule has 0 radical (unpaired) electrons. The zero-order valence-corrected chi connectivity index (χ0v) is 13.9. The Labute approximate surface area is 136 Å². The molecule has 0 bridgehead atoms. The fraction of sp³-hybridized carbons (Fsp3) is 0.529. The lowest BCUT2D eigenvalue weighted by atomic mass is 9.75. The second-order valence-electron chi connectivity index (χ2n) is 5.87. The summed E-state index contributed by atoms with van der Waals surface area (Å²) >= 11 is 5.97. The number of amides is 2. The van der Waals surface area contributed by atoms with Crippen LogP contribution in [-0.4, -0.2) is 24.4 Å². The highest BCUT2D eigenvalue weighted by atomic mass is 35.5. The quantitative estimate of drug-likeness (QED) is 0.846. The van der Waals surface area contributed by atoms with Gasteiger partial charge in [-0.25, -0.2) is 0 Å². The molecule has 4 nitrogen and oxygen atoms in total. The lowest BCUT2D eigenvalue weighted by molar-refractivity contribution is -0.126. The molecule has 1 atom stereocenters. The fourth-order valence-electron chi connectivity index (χ4n) is 3.00. The van der Waals surface area contributed by atoms with Crippen LogP contribution in [-0.2, 0) is 15.0 Å². The Morgan fingerprint density at radius 3 is 2.45 bits per heavy atom. The number of carbonyl (C=O) groups excluding carboxylic acids is 2. The minimum absolute atomic E-state index is 0.0462. The highest BCUT2D eigenvalue weighted by Crippen LogP contribution is 2.32. The van der Waals surface area contributed by atoms with Gasteiger partial charge in [0.15, 0.2) is 0 Å². The molecule has 0 aliphatic carbocycles. The highest BCUT2D eigenvalue weighted by Gasteiger charge is 2.32. The van der Waals surface area contributed by atoms with Crippen molar-refractivity contribution < 1.29 is 9.59 Å². The molecule has 1 heterocycles. The number of rotatable bonds is 6. The van der Waals surface area contributed by atoms with E-state index in [1.165, 1.54) is 5.56 Å². The second kappa shape index (κ2) is 7.14. The molecular formula is C17H23ClN2O2. The summed E-state index contributed by atoms with van der Waals surface area (Å²) < 4.78 is 0. The molecule has 5 heteroatoms. The normalized spacial score (nSPS) is 18.1. The molecule has 2 N–H and O–H groups in total. The molecule has 1 aromatic rings. The van der Waals surface area contributed by atoms with Crippen LogP contribution in [0, 0.1) is 0 Å². The first kappa shape index (κ1) is 16.8. The highest BCUT2D eigenvalue weighted by molar-refractivity contribution is 6.30. The monoisotopic (exact) mass is 322 g/mol. The van der Waals surface area contributed by atoms with Crippen LogP contribution in [0.5, 0.6) is 0 Å². The van der Waals surface area contributed by atoms with Crippen molar-refractivity contribution in [2.45, 2.75) is 51.0 Å². The second-order valence-corrected chi connectivity index (χ2v) is 6.31. The first-order valence-corrected chi connectivity index (χ1v) is 8.21. The summed E-state index contributed by atoms with van der Waals surface area (Å²) in [4.78, 5) is 23.4. The van der Waals surface area contributed by atoms with E-state index in [2.05, 4.69) is 24.5 Å². The Morgan fingerprint density at radius 1 is 1.32 bits per heavy atom. The summed E-state index contributed by atoms with van der Waals surface area (Å²) in [7, 11) is 0. The maximum Gasteiger partial charge on any atom is 0.242 e. The molecule has 0 aromatic heterocycles. The van der Waals surface area contributed by atoms with Crippen LogP contribution >= 0.6 is 11.6 Å². The molecule has 0 unspecified atom stereocenters. The molecule has 1 aromatic carbocycles. The largest absolute Gasteiger partial charge is 0.353 e. The zero-order chi connectivity index (χ0) is 16.2. The standard InChI is InChI=1S/C17H23ClN2O2/c1-3-17(4-2,12-5-7-13(18)8-6-12)11-19-16(22)14-9-10-15(21)20-14/h5-8,14H,3-4,9-11H2,1-2H3,(H,19,22)(H,20,21)/t14-/m1/s1. The van der Waals surface area contributed by atoms with Gasteiger partial charge in [0.1, 0.15) is 6.04 Å². The van der Waals surface area contributed by atoms with Crippen LogP contribution < -0.4 is 10.6 Å². The molecule has 1 fully saturated rings. The van der Waals surface area contributed by atoms with Gasteiger partial charge in [0.05, 0.1) is 0 Å². The Hall–Kier alpha value is -1.55. The van der Waals surface area contributed by atoms with Crippen LogP contribution in [0.3, 0.4) is 0 Å². The smallest absolute Gasteiger partial charge is 0.242 e. The van der Waals surface area contributed by atoms with Gasteiger partial charge in [-0.3, -0.25) is 9.59 Å². The molecule has 2 amide bonds. The van der Waals surface area contributed by atoms with E-state index in [-0.39, 0.29) is 23.3 Å². The van der Waals surface area contributed by atoms with Crippen molar-refractivity contribution in [2.24, 2.45) is 0 Å². The first-order chi connectivity index (χ1) is 10.5. The first-order valence-electron chi connectivity index (χ1n) is 7.84. The van der Waals surface area contributed by atoms with Crippen molar-refractivity contribution in [3.63, 3.8) is 0 Å². The van der Waals surface area contributed by atoms with Gasteiger partial charge in [0, 0.05) is 23.4 Å². The average Bonchev–Trinajstić information content (AvgIpc) is 2.96. The molecule has 2 rings (SSSR count). The van der Waals surface area contributed by atoms with E-state index in [1.807, 2.05) is 24.3 Å². The van der Waals surface area contributed by atoms with E-state index in [9.17, 15) is 9.59 Å². The van der Waals surface area contributed by atoms with Crippen molar-refractivity contribution in [2.75, 3.05) is 6.54 Å². The third-order valence-corrected chi connectivity index (χ3v) is 4.97. The minimum Gasteiger partial charge on any atom is -0.353 e. The van der Waals surface area contributed by atoms with Gasteiger partial charge in [-0.05, 0) is 37.0 Å². The number of carbonyl (C=O) groups is 2. The van der Waals surface area contributed by atoms with Crippen molar-refractivity contribution in [3.05, 3.63) is 34.9 Å². The van der Waals surface area contributed by atoms with Gasteiger partial charge in [0.25, 0.3) is 0 Å². The van der Waals surface area contributed by atoms with Gasteiger partial charge in [-0.1, -0.05) is 37.6 Å². The summed E-state index contributed by atoms with van der Waals surface area (Å²) in [6.07, 6.45) is 2.85. The topological polar surface area (TPSA) is 58.2 Å². The fourth-order valence-corrected chi connectivity index (χ4v) is 3.13. The van der Waals surface area contributed by atoms with Crippen LogP contribution in [0.15, 0.2) is 24.3 Å². The van der Waals surface area contributed by atoms with Crippen LogP contribution in [0.25, 0.3) is 0 Å². The lowest BCUT2D eigenvalue weighted by Crippen LogP contribution is -2.47. The number of benzene rings is 1. The summed E-state index contributed by atoms with van der Waals surface area (Å²) in [5, 5.41) is 6.43. The Bertz CT molecular complexity index is 538. The van der Waals surface area contributed by atoms with E-state index in [0.717, 1.165) is 12.8 Å². The number of halogens is 1. The molecule has 1 aliphatic heterocycles. The van der Waals surface area contributed by atoms with E-state index in [1.54, 1.807) is 0 Å². The van der Waals surface area contributed by atoms with Gasteiger partial charge in [-0.15, -0.1) is 0 Å².